The number of carbonyl (C=O) groups is 1. The SMILES string of the molecule is CN(C)C1Cc2cccc3cccc(c23)C1C(=O)c1ccccc1. The Morgan fingerprint density at radius 1 is 0.917 bits per heavy atom. The molecule has 3 aromatic rings. The third-order valence-corrected chi connectivity index (χ3v) is 5.18. The molecular weight excluding hydrogens is 294 g/mol. The summed E-state index contributed by atoms with van der Waals surface area (Å²) in [5, 5.41) is 2.50. The second-order valence-electron chi connectivity index (χ2n) is 6.81. The fourth-order valence-corrected chi connectivity index (χ4v) is 4.01. The third-order valence-electron chi connectivity index (χ3n) is 5.18. The van der Waals surface area contributed by atoms with Crippen LogP contribution in [0.25, 0.3) is 10.8 Å². The number of hydrogen-bond donors (Lipinski definition) is 0. The maximum Gasteiger partial charge on any atom is 0.171 e. The molecule has 4 rings (SSSR count). The van der Waals surface area contributed by atoms with Crippen molar-refractivity contribution in [2.24, 2.45) is 0 Å². The van der Waals surface area contributed by atoms with Crippen molar-refractivity contribution in [2.75, 3.05) is 14.1 Å². The highest BCUT2D eigenvalue weighted by Crippen LogP contribution is 2.40. The maximum atomic E-state index is 13.3. The summed E-state index contributed by atoms with van der Waals surface area (Å²) < 4.78 is 0. The first kappa shape index (κ1) is 15.1. The number of rotatable bonds is 3. The fraction of sp³-hybridized carbons (Fsp3) is 0.227. The first-order valence-corrected chi connectivity index (χ1v) is 8.43. The van der Waals surface area contributed by atoms with Crippen LogP contribution in [0.2, 0.25) is 0 Å². The lowest BCUT2D eigenvalue weighted by Gasteiger charge is -2.37. The molecule has 0 heterocycles. The van der Waals surface area contributed by atoms with Gasteiger partial charge in [-0.1, -0.05) is 66.7 Å². The van der Waals surface area contributed by atoms with Crippen LogP contribution in [0.1, 0.15) is 27.4 Å². The molecule has 24 heavy (non-hydrogen) atoms. The van der Waals surface area contributed by atoms with Crippen LogP contribution in [-0.4, -0.2) is 30.8 Å². The van der Waals surface area contributed by atoms with E-state index in [-0.39, 0.29) is 17.7 Å². The van der Waals surface area contributed by atoms with Crippen molar-refractivity contribution in [3.63, 3.8) is 0 Å². The highest BCUT2D eigenvalue weighted by atomic mass is 16.1. The number of ketones is 1. The number of benzene rings is 3. The Morgan fingerprint density at radius 2 is 1.62 bits per heavy atom. The summed E-state index contributed by atoms with van der Waals surface area (Å²) >= 11 is 0. The highest BCUT2D eigenvalue weighted by molar-refractivity contribution is 6.05. The van der Waals surface area contributed by atoms with E-state index in [1.807, 2.05) is 30.3 Å². The third kappa shape index (κ3) is 2.35. The molecule has 0 bridgehead atoms. The Hall–Kier alpha value is -2.45. The Morgan fingerprint density at radius 3 is 2.33 bits per heavy atom. The number of likely N-dealkylation sites (N-methyl/N-ethyl adjacent to an activating group) is 1. The summed E-state index contributed by atoms with van der Waals surface area (Å²) in [4.78, 5) is 15.5. The maximum absolute atomic E-state index is 13.3. The molecule has 120 valence electrons. The lowest BCUT2D eigenvalue weighted by molar-refractivity contribution is 0.0902. The molecule has 0 amide bonds. The van der Waals surface area contributed by atoms with Crippen molar-refractivity contribution in [1.82, 2.24) is 4.90 Å². The van der Waals surface area contributed by atoms with Gasteiger partial charge in [0.25, 0.3) is 0 Å². The van der Waals surface area contributed by atoms with Crippen molar-refractivity contribution in [3.05, 3.63) is 83.4 Å². The van der Waals surface area contributed by atoms with E-state index in [2.05, 4.69) is 55.4 Å². The van der Waals surface area contributed by atoms with Gasteiger partial charge in [-0.2, -0.15) is 0 Å². The molecule has 2 unspecified atom stereocenters. The largest absolute Gasteiger partial charge is 0.305 e. The van der Waals surface area contributed by atoms with Gasteiger partial charge >= 0.3 is 0 Å². The van der Waals surface area contributed by atoms with E-state index in [0.717, 1.165) is 12.0 Å². The van der Waals surface area contributed by atoms with E-state index < -0.39 is 0 Å². The molecule has 0 saturated carbocycles. The van der Waals surface area contributed by atoms with E-state index in [9.17, 15) is 4.79 Å². The molecule has 0 radical (unpaired) electrons. The molecule has 0 fully saturated rings. The van der Waals surface area contributed by atoms with Crippen LogP contribution in [0, 0.1) is 0 Å². The van der Waals surface area contributed by atoms with E-state index in [1.54, 1.807) is 0 Å². The summed E-state index contributed by atoms with van der Waals surface area (Å²) in [6.45, 7) is 0. The van der Waals surface area contributed by atoms with Crippen LogP contribution in [0.5, 0.6) is 0 Å². The quantitative estimate of drug-likeness (QED) is 0.672. The Bertz CT molecular complexity index is 893. The van der Waals surface area contributed by atoms with Gasteiger partial charge in [-0.3, -0.25) is 4.79 Å². The van der Waals surface area contributed by atoms with Gasteiger partial charge < -0.3 is 4.90 Å². The number of hydrogen-bond acceptors (Lipinski definition) is 2. The predicted molar refractivity (Wildman–Crippen MR) is 98.6 cm³/mol. The molecular formula is C22H21NO. The average molecular weight is 315 g/mol. The van der Waals surface area contributed by atoms with Gasteiger partial charge in [-0.25, -0.2) is 0 Å². The van der Waals surface area contributed by atoms with Gasteiger partial charge in [0.2, 0.25) is 0 Å². The van der Waals surface area contributed by atoms with Crippen LogP contribution < -0.4 is 0 Å². The Labute approximate surface area is 142 Å². The minimum Gasteiger partial charge on any atom is -0.305 e. The van der Waals surface area contributed by atoms with Crippen molar-refractivity contribution >= 4 is 16.6 Å². The molecule has 0 saturated heterocycles. The molecule has 1 aliphatic rings. The van der Waals surface area contributed by atoms with Crippen LogP contribution in [-0.2, 0) is 6.42 Å². The van der Waals surface area contributed by atoms with Gasteiger partial charge in [0, 0.05) is 11.6 Å². The zero-order valence-electron chi connectivity index (χ0n) is 14.1. The summed E-state index contributed by atoms with van der Waals surface area (Å²) in [6, 6.07) is 22.7. The van der Waals surface area contributed by atoms with Crippen molar-refractivity contribution in [3.8, 4) is 0 Å². The van der Waals surface area contributed by atoms with Crippen molar-refractivity contribution in [2.45, 2.75) is 18.4 Å². The summed E-state index contributed by atoms with van der Waals surface area (Å²) in [5.74, 6) is 0.0947. The molecule has 0 aliphatic heterocycles. The number of carbonyl (C=O) groups excluding carboxylic acids is 1. The number of nitrogens with zero attached hydrogens (tertiary/aromatic N) is 1. The normalized spacial score (nSPS) is 19.6. The molecule has 3 aromatic carbocycles. The lowest BCUT2D eigenvalue weighted by Crippen LogP contribution is -2.41. The van der Waals surface area contributed by atoms with Crippen LogP contribution >= 0.6 is 0 Å². The zero-order chi connectivity index (χ0) is 16.7. The minimum atomic E-state index is -0.124. The van der Waals surface area contributed by atoms with Crippen molar-refractivity contribution < 1.29 is 4.79 Å². The van der Waals surface area contributed by atoms with Gasteiger partial charge in [-0.15, -0.1) is 0 Å². The topological polar surface area (TPSA) is 20.3 Å². The smallest absolute Gasteiger partial charge is 0.171 e. The Kier molecular flexibility index (Phi) is 3.70. The van der Waals surface area contributed by atoms with Crippen LogP contribution in [0.4, 0.5) is 0 Å². The highest BCUT2D eigenvalue weighted by Gasteiger charge is 2.36. The summed E-state index contributed by atoms with van der Waals surface area (Å²) in [7, 11) is 4.15. The molecule has 0 spiro atoms. The molecule has 0 N–H and O–H groups in total. The average Bonchev–Trinajstić information content (AvgIpc) is 2.62. The van der Waals surface area contributed by atoms with E-state index in [0.29, 0.717) is 0 Å². The second-order valence-corrected chi connectivity index (χ2v) is 6.81. The molecule has 2 nitrogen and oxygen atoms in total. The van der Waals surface area contributed by atoms with Crippen molar-refractivity contribution in [1.29, 1.82) is 0 Å². The molecule has 2 heteroatoms. The molecule has 0 aromatic heterocycles. The standard InChI is InChI=1S/C22H21NO/c1-23(2)19-14-17-12-6-10-15-11-7-13-18(20(15)17)21(19)22(24)16-8-4-3-5-9-16/h3-13,19,21H,14H2,1-2H3. The van der Waals surface area contributed by atoms with E-state index >= 15 is 0 Å². The first-order valence-electron chi connectivity index (χ1n) is 8.43. The van der Waals surface area contributed by atoms with Crippen LogP contribution in [0.3, 0.4) is 0 Å². The zero-order valence-corrected chi connectivity index (χ0v) is 14.1. The molecule has 2 atom stereocenters. The van der Waals surface area contributed by atoms with E-state index in [4.69, 9.17) is 0 Å². The summed E-state index contributed by atoms with van der Waals surface area (Å²) in [5.41, 5.74) is 3.31. The summed E-state index contributed by atoms with van der Waals surface area (Å²) in [6.07, 6.45) is 0.907. The van der Waals surface area contributed by atoms with Gasteiger partial charge in [0.05, 0.1) is 5.92 Å². The fourth-order valence-electron chi connectivity index (χ4n) is 4.01. The number of Topliss-reactive ketones (excluding diaryl/α,β-unsaturated/α-hetero) is 1. The predicted octanol–water partition coefficient (Wildman–Crippen LogP) is 4.29. The van der Waals surface area contributed by atoms with E-state index in [1.165, 1.54) is 21.9 Å². The molecule has 1 aliphatic carbocycles. The minimum absolute atomic E-state index is 0.124. The lowest BCUT2D eigenvalue weighted by atomic mass is 9.74. The van der Waals surface area contributed by atoms with Gasteiger partial charge in [0.1, 0.15) is 0 Å². The van der Waals surface area contributed by atoms with Crippen LogP contribution in [0.15, 0.2) is 66.7 Å². The van der Waals surface area contributed by atoms with Gasteiger partial charge in [0.15, 0.2) is 5.78 Å². The van der Waals surface area contributed by atoms with Gasteiger partial charge in [-0.05, 0) is 42.4 Å². The monoisotopic (exact) mass is 315 g/mol. The Balaban J connectivity index is 1.93. The second kappa shape index (κ2) is 5.88. The first-order chi connectivity index (χ1) is 11.7.